The fourth-order valence-electron chi connectivity index (χ4n) is 2.73. The van der Waals surface area contributed by atoms with Crippen LogP contribution in [0.5, 0.6) is 0 Å². The Bertz CT molecular complexity index is 679. The summed E-state index contributed by atoms with van der Waals surface area (Å²) in [6.07, 6.45) is 3.93. The molecular formula is C17H14BrClO. The number of aryl methyl sites for hydroxylation is 2. The summed E-state index contributed by atoms with van der Waals surface area (Å²) in [5.74, 6) is 0.0641. The Morgan fingerprint density at radius 3 is 2.75 bits per heavy atom. The predicted octanol–water partition coefficient (Wildman–Crippen LogP) is 5.02. The van der Waals surface area contributed by atoms with Crippen molar-refractivity contribution >= 4 is 33.3 Å². The lowest BCUT2D eigenvalue weighted by molar-refractivity contribution is 0.0993. The van der Waals surface area contributed by atoms with E-state index in [-0.39, 0.29) is 5.78 Å². The van der Waals surface area contributed by atoms with Crippen LogP contribution in [0.3, 0.4) is 0 Å². The molecule has 2 aromatic rings. The van der Waals surface area contributed by atoms with E-state index in [1.807, 2.05) is 6.07 Å². The van der Waals surface area contributed by atoms with Gasteiger partial charge in [-0.3, -0.25) is 4.79 Å². The third-order valence-corrected chi connectivity index (χ3v) is 4.58. The number of rotatable bonds is 3. The van der Waals surface area contributed by atoms with Gasteiger partial charge in [0.25, 0.3) is 0 Å². The molecule has 0 heterocycles. The molecular weight excluding hydrogens is 336 g/mol. The van der Waals surface area contributed by atoms with Gasteiger partial charge in [-0.15, -0.1) is 0 Å². The summed E-state index contributed by atoms with van der Waals surface area (Å²) in [4.78, 5) is 12.4. The highest BCUT2D eigenvalue weighted by Crippen LogP contribution is 2.25. The van der Waals surface area contributed by atoms with Crippen LogP contribution in [0.15, 0.2) is 40.9 Å². The van der Waals surface area contributed by atoms with E-state index in [2.05, 4.69) is 34.1 Å². The van der Waals surface area contributed by atoms with E-state index >= 15 is 0 Å². The van der Waals surface area contributed by atoms with Crippen molar-refractivity contribution in [3.8, 4) is 0 Å². The fourth-order valence-corrected chi connectivity index (χ4v) is 3.31. The van der Waals surface area contributed by atoms with Crippen molar-refractivity contribution in [2.75, 3.05) is 0 Å². The molecule has 0 N–H and O–H groups in total. The monoisotopic (exact) mass is 348 g/mol. The number of hydrogen-bond donors (Lipinski definition) is 0. The number of benzene rings is 2. The standard InChI is InChI=1S/C17H14BrClO/c18-14-6-7-16(19)15(10-14)17(20)9-11-4-5-12-2-1-3-13(12)8-11/h4-8,10H,1-3,9H2. The van der Waals surface area contributed by atoms with Crippen LogP contribution in [0.1, 0.15) is 33.5 Å². The molecule has 0 saturated carbocycles. The van der Waals surface area contributed by atoms with Crippen LogP contribution in [0.25, 0.3) is 0 Å². The van der Waals surface area contributed by atoms with Crippen LogP contribution in [-0.2, 0) is 19.3 Å². The van der Waals surface area contributed by atoms with E-state index in [0.29, 0.717) is 17.0 Å². The van der Waals surface area contributed by atoms with Crippen LogP contribution >= 0.6 is 27.5 Å². The number of carbonyl (C=O) groups is 1. The first kappa shape index (κ1) is 13.8. The minimum atomic E-state index is 0.0641. The number of hydrogen-bond acceptors (Lipinski definition) is 1. The van der Waals surface area contributed by atoms with Gasteiger partial charge in [0, 0.05) is 16.5 Å². The van der Waals surface area contributed by atoms with Gasteiger partial charge in [0.05, 0.1) is 5.02 Å². The van der Waals surface area contributed by atoms with E-state index in [1.54, 1.807) is 12.1 Å². The van der Waals surface area contributed by atoms with E-state index in [1.165, 1.54) is 24.0 Å². The predicted molar refractivity (Wildman–Crippen MR) is 85.7 cm³/mol. The highest BCUT2D eigenvalue weighted by molar-refractivity contribution is 9.10. The van der Waals surface area contributed by atoms with Gasteiger partial charge in [0.15, 0.2) is 5.78 Å². The van der Waals surface area contributed by atoms with E-state index in [9.17, 15) is 4.79 Å². The van der Waals surface area contributed by atoms with Crippen LogP contribution < -0.4 is 0 Å². The molecule has 0 radical (unpaired) electrons. The Labute approximate surface area is 132 Å². The second-order valence-electron chi connectivity index (χ2n) is 5.18. The molecule has 0 aliphatic heterocycles. The number of ketones is 1. The van der Waals surface area contributed by atoms with Crippen molar-refractivity contribution in [1.29, 1.82) is 0 Å². The summed E-state index contributed by atoms with van der Waals surface area (Å²) in [5, 5.41) is 0.513. The van der Waals surface area contributed by atoms with Crippen molar-refractivity contribution in [3.63, 3.8) is 0 Å². The third kappa shape index (κ3) is 2.82. The molecule has 2 aromatic carbocycles. The van der Waals surface area contributed by atoms with Crippen LogP contribution in [0.4, 0.5) is 0 Å². The average Bonchev–Trinajstić information content (AvgIpc) is 2.89. The number of fused-ring (bicyclic) bond motifs is 1. The molecule has 3 rings (SSSR count). The zero-order valence-electron chi connectivity index (χ0n) is 11.0. The molecule has 0 fully saturated rings. The zero-order valence-corrected chi connectivity index (χ0v) is 13.3. The van der Waals surface area contributed by atoms with Gasteiger partial charge >= 0.3 is 0 Å². The van der Waals surface area contributed by atoms with E-state index in [4.69, 9.17) is 11.6 Å². The molecule has 0 spiro atoms. The van der Waals surface area contributed by atoms with Gasteiger partial charge in [-0.1, -0.05) is 45.7 Å². The molecule has 0 amide bonds. The lowest BCUT2D eigenvalue weighted by Crippen LogP contribution is -2.05. The first-order valence-electron chi connectivity index (χ1n) is 6.72. The van der Waals surface area contributed by atoms with Crippen molar-refractivity contribution in [3.05, 3.63) is 68.1 Å². The average molecular weight is 350 g/mol. The van der Waals surface area contributed by atoms with Crippen molar-refractivity contribution in [1.82, 2.24) is 0 Å². The first-order valence-corrected chi connectivity index (χ1v) is 7.89. The molecule has 0 aromatic heterocycles. The summed E-state index contributed by atoms with van der Waals surface area (Å²) in [6, 6.07) is 11.8. The van der Waals surface area contributed by atoms with Gasteiger partial charge in [0.1, 0.15) is 0 Å². The second kappa shape index (κ2) is 5.71. The number of halogens is 2. The summed E-state index contributed by atoms with van der Waals surface area (Å²) in [6.45, 7) is 0. The van der Waals surface area contributed by atoms with Gasteiger partial charge in [0.2, 0.25) is 0 Å². The minimum Gasteiger partial charge on any atom is -0.294 e. The Balaban J connectivity index is 1.84. The Kier molecular flexibility index (Phi) is 3.95. The Hall–Kier alpha value is -1.12. The van der Waals surface area contributed by atoms with E-state index < -0.39 is 0 Å². The molecule has 1 nitrogen and oxygen atoms in total. The zero-order chi connectivity index (χ0) is 14.1. The fraction of sp³-hybridized carbons (Fsp3) is 0.235. The quantitative estimate of drug-likeness (QED) is 0.711. The lowest BCUT2D eigenvalue weighted by Gasteiger charge is -2.06. The highest BCUT2D eigenvalue weighted by Gasteiger charge is 2.15. The van der Waals surface area contributed by atoms with Crippen LogP contribution in [0.2, 0.25) is 5.02 Å². The molecule has 0 unspecified atom stereocenters. The molecule has 3 heteroatoms. The maximum absolute atomic E-state index is 12.4. The van der Waals surface area contributed by atoms with Crippen LogP contribution in [-0.4, -0.2) is 5.78 Å². The van der Waals surface area contributed by atoms with Crippen LogP contribution in [0, 0.1) is 0 Å². The largest absolute Gasteiger partial charge is 0.294 e. The normalized spacial score (nSPS) is 13.3. The van der Waals surface area contributed by atoms with Crippen molar-refractivity contribution in [2.45, 2.75) is 25.7 Å². The lowest BCUT2D eigenvalue weighted by atomic mass is 9.99. The summed E-state index contributed by atoms with van der Waals surface area (Å²) in [5.41, 5.74) is 4.49. The molecule has 0 atom stereocenters. The molecule has 0 saturated heterocycles. The first-order chi connectivity index (χ1) is 9.63. The molecule has 102 valence electrons. The third-order valence-electron chi connectivity index (χ3n) is 3.76. The van der Waals surface area contributed by atoms with Gasteiger partial charge < -0.3 is 0 Å². The highest BCUT2D eigenvalue weighted by atomic mass is 79.9. The van der Waals surface area contributed by atoms with Crippen molar-refractivity contribution in [2.24, 2.45) is 0 Å². The maximum Gasteiger partial charge on any atom is 0.168 e. The minimum absolute atomic E-state index is 0.0641. The number of carbonyl (C=O) groups excluding carboxylic acids is 1. The SMILES string of the molecule is O=C(Cc1ccc2c(c1)CCC2)c1cc(Br)ccc1Cl. The number of Topliss-reactive ketones (excluding diaryl/α,β-unsaturated/α-hetero) is 1. The molecule has 20 heavy (non-hydrogen) atoms. The second-order valence-corrected chi connectivity index (χ2v) is 6.50. The molecule has 1 aliphatic rings. The summed E-state index contributed by atoms with van der Waals surface area (Å²) < 4.78 is 0.874. The smallest absolute Gasteiger partial charge is 0.168 e. The summed E-state index contributed by atoms with van der Waals surface area (Å²) >= 11 is 9.49. The molecule has 1 aliphatic carbocycles. The van der Waals surface area contributed by atoms with Gasteiger partial charge in [-0.25, -0.2) is 0 Å². The van der Waals surface area contributed by atoms with Gasteiger partial charge in [-0.05, 0) is 54.2 Å². The van der Waals surface area contributed by atoms with E-state index in [0.717, 1.165) is 16.5 Å². The Morgan fingerprint density at radius 1 is 1.10 bits per heavy atom. The van der Waals surface area contributed by atoms with Crippen molar-refractivity contribution < 1.29 is 4.79 Å². The topological polar surface area (TPSA) is 17.1 Å². The Morgan fingerprint density at radius 2 is 1.90 bits per heavy atom. The maximum atomic E-state index is 12.4. The van der Waals surface area contributed by atoms with Gasteiger partial charge in [-0.2, -0.15) is 0 Å². The molecule has 0 bridgehead atoms. The summed E-state index contributed by atoms with van der Waals surface area (Å²) in [7, 11) is 0.